The van der Waals surface area contributed by atoms with E-state index in [4.69, 9.17) is 21.3 Å². The van der Waals surface area contributed by atoms with Crippen molar-refractivity contribution in [3.05, 3.63) is 47.6 Å². The van der Waals surface area contributed by atoms with Crippen LogP contribution in [0.3, 0.4) is 0 Å². The van der Waals surface area contributed by atoms with Crippen molar-refractivity contribution in [3.8, 4) is 0 Å². The summed E-state index contributed by atoms with van der Waals surface area (Å²) < 4.78 is 8.10. The van der Waals surface area contributed by atoms with Crippen molar-refractivity contribution in [1.29, 1.82) is 0 Å². The molecule has 7 nitrogen and oxygen atoms in total. The standard InChI is InChI=1S/C19H19ClN6O/c1-12-8-14(4-7-27-12)26-18(11-25-22-5-6-23-25)24-17-10-21-16-3-2-13(20)9-15(16)19(17)26/h2-3,5-6,9-10,12,14H,4,7-8,11H2,1H3/t12-,14-/m1/s1. The van der Waals surface area contributed by atoms with Gasteiger partial charge in [0.15, 0.2) is 0 Å². The maximum atomic E-state index is 6.30. The van der Waals surface area contributed by atoms with Crippen molar-refractivity contribution in [2.45, 2.75) is 38.5 Å². The molecule has 2 atom stereocenters. The largest absolute Gasteiger partial charge is 0.378 e. The molecule has 8 heteroatoms. The van der Waals surface area contributed by atoms with E-state index in [1.165, 1.54) is 0 Å². The molecule has 0 unspecified atom stereocenters. The first-order chi connectivity index (χ1) is 13.2. The first-order valence-electron chi connectivity index (χ1n) is 9.10. The Morgan fingerprint density at radius 3 is 2.89 bits per heavy atom. The summed E-state index contributed by atoms with van der Waals surface area (Å²) in [5, 5.41) is 10.2. The average molecular weight is 383 g/mol. The van der Waals surface area contributed by atoms with E-state index in [-0.39, 0.29) is 6.10 Å². The van der Waals surface area contributed by atoms with Crippen molar-refractivity contribution in [2.24, 2.45) is 0 Å². The van der Waals surface area contributed by atoms with E-state index in [0.717, 1.165) is 47.2 Å². The maximum Gasteiger partial charge on any atom is 0.133 e. The summed E-state index contributed by atoms with van der Waals surface area (Å²) in [7, 11) is 0. The van der Waals surface area contributed by atoms with Gasteiger partial charge in [0.2, 0.25) is 0 Å². The summed E-state index contributed by atoms with van der Waals surface area (Å²) in [6, 6.07) is 6.10. The van der Waals surface area contributed by atoms with E-state index in [1.54, 1.807) is 17.2 Å². The molecule has 1 saturated heterocycles. The number of nitrogens with zero attached hydrogens (tertiary/aromatic N) is 6. The van der Waals surface area contributed by atoms with Gasteiger partial charge in [-0.3, -0.25) is 4.98 Å². The molecule has 3 aromatic heterocycles. The van der Waals surface area contributed by atoms with E-state index in [0.29, 0.717) is 17.6 Å². The molecular weight excluding hydrogens is 364 g/mol. The predicted molar refractivity (Wildman–Crippen MR) is 103 cm³/mol. The lowest BCUT2D eigenvalue weighted by molar-refractivity contribution is 0.00617. The van der Waals surface area contributed by atoms with Crippen molar-refractivity contribution >= 4 is 33.5 Å². The van der Waals surface area contributed by atoms with Crippen LogP contribution in [0, 0.1) is 0 Å². The third kappa shape index (κ3) is 2.96. The fraction of sp³-hybridized carbons (Fsp3) is 0.368. The molecule has 4 aromatic rings. The summed E-state index contributed by atoms with van der Waals surface area (Å²) in [4.78, 5) is 11.1. The number of hydrogen-bond acceptors (Lipinski definition) is 5. The van der Waals surface area contributed by atoms with Gasteiger partial charge in [-0.2, -0.15) is 15.0 Å². The number of hydrogen-bond donors (Lipinski definition) is 0. The van der Waals surface area contributed by atoms with E-state index >= 15 is 0 Å². The zero-order valence-electron chi connectivity index (χ0n) is 14.9. The number of aromatic nitrogens is 6. The van der Waals surface area contributed by atoms with Crippen molar-refractivity contribution in [1.82, 2.24) is 29.5 Å². The molecule has 0 aliphatic carbocycles. The van der Waals surface area contributed by atoms with Gasteiger partial charge in [-0.1, -0.05) is 11.6 Å². The molecule has 5 rings (SSSR count). The Kier molecular flexibility index (Phi) is 4.06. The smallest absolute Gasteiger partial charge is 0.133 e. The molecule has 0 radical (unpaired) electrons. The molecule has 1 aliphatic rings. The van der Waals surface area contributed by atoms with Crippen LogP contribution < -0.4 is 0 Å². The molecule has 138 valence electrons. The lowest BCUT2D eigenvalue weighted by Gasteiger charge is -2.30. The number of imidazole rings is 1. The molecule has 0 N–H and O–H groups in total. The molecule has 0 saturated carbocycles. The summed E-state index contributed by atoms with van der Waals surface area (Å²) >= 11 is 6.30. The van der Waals surface area contributed by atoms with Crippen LogP contribution in [0.25, 0.3) is 21.9 Å². The van der Waals surface area contributed by atoms with Gasteiger partial charge in [0.1, 0.15) is 17.9 Å². The molecule has 4 heterocycles. The van der Waals surface area contributed by atoms with Crippen molar-refractivity contribution < 1.29 is 4.74 Å². The number of benzene rings is 1. The maximum absolute atomic E-state index is 6.30. The van der Waals surface area contributed by atoms with Crippen LogP contribution in [0.1, 0.15) is 31.6 Å². The lowest BCUT2D eigenvalue weighted by Crippen LogP contribution is -2.27. The SMILES string of the molecule is C[C@@H]1C[C@H](n2c(Cn3nccn3)nc3cnc4ccc(Cl)cc4c32)CCO1. The number of rotatable bonds is 3. The number of fused-ring (bicyclic) bond motifs is 3. The monoisotopic (exact) mass is 382 g/mol. The van der Waals surface area contributed by atoms with E-state index in [1.807, 2.05) is 24.4 Å². The fourth-order valence-corrected chi connectivity index (χ4v) is 4.13. The highest BCUT2D eigenvalue weighted by atomic mass is 35.5. The Balaban J connectivity index is 1.76. The highest BCUT2D eigenvalue weighted by Gasteiger charge is 2.26. The quantitative estimate of drug-likeness (QED) is 0.541. The third-order valence-electron chi connectivity index (χ3n) is 5.12. The van der Waals surface area contributed by atoms with Gasteiger partial charge in [0.05, 0.1) is 35.7 Å². The predicted octanol–water partition coefficient (Wildman–Crippen LogP) is 3.62. The normalized spacial score (nSPS) is 20.5. The first kappa shape index (κ1) is 16.6. The van der Waals surface area contributed by atoms with E-state index in [9.17, 15) is 0 Å². The topological polar surface area (TPSA) is 70.7 Å². The fourth-order valence-electron chi connectivity index (χ4n) is 3.96. The summed E-state index contributed by atoms with van der Waals surface area (Å²) in [5.41, 5.74) is 2.85. The summed E-state index contributed by atoms with van der Waals surface area (Å²) in [5.74, 6) is 0.926. The number of ether oxygens (including phenoxy) is 1. The summed E-state index contributed by atoms with van der Waals surface area (Å²) in [6.45, 7) is 3.38. The second-order valence-corrected chi connectivity index (χ2v) is 7.41. The molecule has 1 aromatic carbocycles. The van der Waals surface area contributed by atoms with Crippen molar-refractivity contribution in [2.75, 3.05) is 6.61 Å². The lowest BCUT2D eigenvalue weighted by atomic mass is 10.0. The van der Waals surface area contributed by atoms with Gasteiger partial charge < -0.3 is 9.30 Å². The molecule has 27 heavy (non-hydrogen) atoms. The highest BCUT2D eigenvalue weighted by Crippen LogP contribution is 2.34. The average Bonchev–Trinajstić information content (AvgIpc) is 3.29. The van der Waals surface area contributed by atoms with E-state index in [2.05, 4.69) is 26.7 Å². The Morgan fingerprint density at radius 1 is 1.22 bits per heavy atom. The molecule has 1 fully saturated rings. The van der Waals surface area contributed by atoms with Crippen LogP contribution in [0.5, 0.6) is 0 Å². The van der Waals surface area contributed by atoms with E-state index < -0.39 is 0 Å². The third-order valence-corrected chi connectivity index (χ3v) is 5.36. The number of halogens is 1. The molecule has 1 aliphatic heterocycles. The number of pyridine rings is 1. The van der Waals surface area contributed by atoms with Crippen LogP contribution in [0.15, 0.2) is 36.8 Å². The zero-order chi connectivity index (χ0) is 18.4. The molecular formula is C19H19ClN6O. The molecule has 0 bridgehead atoms. The van der Waals surface area contributed by atoms with Gasteiger partial charge in [-0.15, -0.1) is 0 Å². The second kappa shape index (κ2) is 6.58. The van der Waals surface area contributed by atoms with Gasteiger partial charge in [0, 0.05) is 23.1 Å². The highest BCUT2D eigenvalue weighted by molar-refractivity contribution is 6.31. The van der Waals surface area contributed by atoms with Gasteiger partial charge >= 0.3 is 0 Å². The van der Waals surface area contributed by atoms with Gasteiger partial charge in [-0.05, 0) is 38.0 Å². The minimum absolute atomic E-state index is 0.216. The Morgan fingerprint density at radius 2 is 2.07 bits per heavy atom. The van der Waals surface area contributed by atoms with Crippen LogP contribution in [-0.4, -0.2) is 42.2 Å². The Hall–Kier alpha value is -2.51. The second-order valence-electron chi connectivity index (χ2n) is 6.97. The Bertz CT molecular complexity index is 1110. The van der Waals surface area contributed by atoms with Gasteiger partial charge in [0.25, 0.3) is 0 Å². The minimum Gasteiger partial charge on any atom is -0.378 e. The molecule has 0 spiro atoms. The minimum atomic E-state index is 0.216. The Labute approximate surface area is 160 Å². The van der Waals surface area contributed by atoms with Crippen molar-refractivity contribution in [3.63, 3.8) is 0 Å². The van der Waals surface area contributed by atoms with Crippen LogP contribution in [0.2, 0.25) is 5.02 Å². The van der Waals surface area contributed by atoms with Crippen LogP contribution in [-0.2, 0) is 11.3 Å². The summed E-state index contributed by atoms with van der Waals surface area (Å²) in [6.07, 6.45) is 7.30. The van der Waals surface area contributed by atoms with Gasteiger partial charge in [-0.25, -0.2) is 4.98 Å². The first-order valence-corrected chi connectivity index (χ1v) is 9.47. The molecule has 0 amide bonds. The van der Waals surface area contributed by atoms with Crippen LogP contribution in [0.4, 0.5) is 0 Å². The zero-order valence-corrected chi connectivity index (χ0v) is 15.7. The van der Waals surface area contributed by atoms with Crippen LogP contribution >= 0.6 is 11.6 Å².